The number of carbonyl (C=O) groups excluding carboxylic acids is 1. The molecule has 0 aromatic carbocycles. The second-order valence-corrected chi connectivity index (χ2v) is 8.22. The van der Waals surface area contributed by atoms with E-state index in [1.807, 2.05) is 42.1 Å². The second-order valence-electron chi connectivity index (χ2n) is 7.82. The first-order valence-corrected chi connectivity index (χ1v) is 10.9. The minimum Gasteiger partial charge on any atom is -0.392 e. The largest absolute Gasteiger partial charge is 0.392 e. The van der Waals surface area contributed by atoms with E-state index in [0.717, 1.165) is 22.5 Å². The molecule has 9 nitrogen and oxygen atoms in total. The number of hydrogen-bond acceptors (Lipinski definition) is 6. The van der Waals surface area contributed by atoms with Crippen molar-refractivity contribution in [3.63, 3.8) is 0 Å². The highest BCUT2D eigenvalue weighted by Crippen LogP contribution is 2.33. The molecule has 0 saturated heterocycles. The molecule has 0 saturated carbocycles. The maximum atomic E-state index is 13.2. The van der Waals surface area contributed by atoms with Gasteiger partial charge in [0.05, 0.1) is 30.1 Å². The van der Waals surface area contributed by atoms with E-state index < -0.39 is 0 Å². The van der Waals surface area contributed by atoms with Crippen molar-refractivity contribution in [3.05, 3.63) is 77.1 Å². The van der Waals surface area contributed by atoms with E-state index in [1.165, 1.54) is 0 Å². The van der Waals surface area contributed by atoms with Crippen molar-refractivity contribution in [1.82, 2.24) is 29.2 Å². The Labute approximate surface area is 195 Å². The van der Waals surface area contributed by atoms with Crippen LogP contribution in [0.5, 0.6) is 0 Å². The van der Waals surface area contributed by atoms with E-state index in [0.29, 0.717) is 41.9 Å². The number of carbonyl (C=O) groups is 1. The predicted molar refractivity (Wildman–Crippen MR) is 124 cm³/mol. The number of pyridine rings is 2. The van der Waals surface area contributed by atoms with Crippen LogP contribution in [0.1, 0.15) is 21.7 Å². The lowest BCUT2D eigenvalue weighted by Crippen LogP contribution is -2.39. The topological polar surface area (TPSA) is 101 Å². The van der Waals surface area contributed by atoms with Gasteiger partial charge >= 0.3 is 0 Å². The first kappa shape index (κ1) is 21.2. The normalized spacial score (nSPS) is 13.3. The Morgan fingerprint density at radius 1 is 1.18 bits per heavy atom. The van der Waals surface area contributed by atoms with E-state index in [1.54, 1.807) is 34.2 Å². The quantitative estimate of drug-likeness (QED) is 0.455. The number of rotatable bonds is 6. The molecular weight excluding hydrogens is 442 g/mol. The van der Waals surface area contributed by atoms with Crippen molar-refractivity contribution in [3.8, 4) is 11.1 Å². The van der Waals surface area contributed by atoms with Crippen LogP contribution in [-0.4, -0.2) is 46.8 Å². The summed E-state index contributed by atoms with van der Waals surface area (Å²) in [5.74, 6) is 1.34. The number of halogens is 1. The average molecular weight is 464 g/mol. The lowest BCUT2D eigenvalue weighted by molar-refractivity contribution is 0.0687. The number of nitrogens with zero attached hydrogens (tertiary/aromatic N) is 6. The molecule has 1 aliphatic heterocycles. The molecule has 1 aliphatic rings. The molecule has 4 aromatic rings. The molecule has 0 aliphatic carbocycles. The summed E-state index contributed by atoms with van der Waals surface area (Å²) < 4.78 is 3.66. The number of anilines is 2. The summed E-state index contributed by atoms with van der Waals surface area (Å²) in [6.45, 7) is 1.45. The van der Waals surface area contributed by atoms with Crippen LogP contribution in [0.25, 0.3) is 11.1 Å². The summed E-state index contributed by atoms with van der Waals surface area (Å²) in [5.41, 5.74) is 3.65. The Morgan fingerprint density at radius 3 is 2.85 bits per heavy atom. The molecule has 2 N–H and O–H groups in total. The molecule has 5 heterocycles. The van der Waals surface area contributed by atoms with Crippen molar-refractivity contribution in [2.45, 2.75) is 19.7 Å². The number of fused-ring (bicyclic) bond motifs is 1. The van der Waals surface area contributed by atoms with Gasteiger partial charge in [-0.3, -0.25) is 14.5 Å². The van der Waals surface area contributed by atoms with Crippen LogP contribution in [-0.2, 0) is 26.7 Å². The average Bonchev–Trinajstić information content (AvgIpc) is 3.44. The lowest BCUT2D eigenvalue weighted by Gasteiger charge is -2.28. The summed E-state index contributed by atoms with van der Waals surface area (Å²) in [5, 5.41) is 17.4. The van der Waals surface area contributed by atoms with Gasteiger partial charge in [0, 0.05) is 61.5 Å². The number of aromatic nitrogens is 5. The number of aryl methyl sites for hydroxylation is 1. The lowest BCUT2D eigenvalue weighted by atomic mass is 10.1. The van der Waals surface area contributed by atoms with Crippen molar-refractivity contribution in [1.29, 1.82) is 0 Å². The molecule has 33 heavy (non-hydrogen) atoms. The summed E-state index contributed by atoms with van der Waals surface area (Å²) in [6, 6.07) is 9.17. The third-order valence-corrected chi connectivity index (χ3v) is 6.05. The number of aliphatic hydroxyl groups excluding tert-OH is 1. The molecule has 0 spiro atoms. The molecule has 1 amide bonds. The Hall–Kier alpha value is -3.69. The molecule has 4 aromatic heterocycles. The fourth-order valence-electron chi connectivity index (χ4n) is 3.96. The molecule has 0 atom stereocenters. The minimum absolute atomic E-state index is 0.0829. The number of hydrogen-bond donors (Lipinski definition) is 2. The SMILES string of the molecule is Cn1nccc1Nc1cc(-c2cc3n(c2)CCN(Cc2ncccc2CO)C3=O)c(Cl)cn1. The molecule has 5 rings (SSSR count). The summed E-state index contributed by atoms with van der Waals surface area (Å²) in [7, 11) is 1.84. The predicted octanol–water partition coefficient (Wildman–Crippen LogP) is 3.22. The van der Waals surface area contributed by atoms with Gasteiger partial charge in [-0.05, 0) is 18.2 Å². The molecule has 10 heteroatoms. The maximum Gasteiger partial charge on any atom is 0.270 e. The highest BCUT2D eigenvalue weighted by atomic mass is 35.5. The van der Waals surface area contributed by atoms with Crippen molar-refractivity contribution >= 4 is 29.1 Å². The van der Waals surface area contributed by atoms with Crippen LogP contribution in [0.2, 0.25) is 5.02 Å². The third-order valence-electron chi connectivity index (χ3n) is 5.75. The van der Waals surface area contributed by atoms with E-state index in [4.69, 9.17) is 11.6 Å². The van der Waals surface area contributed by atoms with Gasteiger partial charge in [-0.15, -0.1) is 0 Å². The second kappa shape index (κ2) is 8.68. The number of amides is 1. The molecule has 0 radical (unpaired) electrons. The first-order valence-electron chi connectivity index (χ1n) is 10.5. The zero-order valence-corrected chi connectivity index (χ0v) is 18.7. The Kier molecular flexibility index (Phi) is 5.57. The van der Waals surface area contributed by atoms with Gasteiger partial charge in [-0.25, -0.2) is 4.98 Å². The monoisotopic (exact) mass is 463 g/mol. The summed E-state index contributed by atoms with van der Waals surface area (Å²) in [6.07, 6.45) is 6.91. The smallest absolute Gasteiger partial charge is 0.270 e. The van der Waals surface area contributed by atoms with Gasteiger partial charge in [0.1, 0.15) is 17.3 Å². The molecule has 0 fully saturated rings. The molecule has 0 bridgehead atoms. The molecular formula is C23H22ClN7O2. The van der Waals surface area contributed by atoms with Crippen LogP contribution >= 0.6 is 11.6 Å². The number of aliphatic hydroxyl groups is 1. The van der Waals surface area contributed by atoms with Crippen molar-refractivity contribution in [2.24, 2.45) is 7.05 Å². The Balaban J connectivity index is 1.41. The van der Waals surface area contributed by atoms with Crippen molar-refractivity contribution in [2.75, 3.05) is 11.9 Å². The van der Waals surface area contributed by atoms with Crippen LogP contribution in [0.4, 0.5) is 11.6 Å². The van der Waals surface area contributed by atoms with Crippen LogP contribution in [0, 0.1) is 0 Å². The maximum absolute atomic E-state index is 13.2. The Morgan fingerprint density at radius 2 is 2.06 bits per heavy atom. The third kappa shape index (κ3) is 4.08. The van der Waals surface area contributed by atoms with E-state index >= 15 is 0 Å². The Bertz CT molecular complexity index is 1330. The van der Waals surface area contributed by atoms with E-state index in [2.05, 4.69) is 20.4 Å². The number of nitrogens with one attached hydrogen (secondary N) is 1. The van der Waals surface area contributed by atoms with Gasteiger partial charge in [-0.2, -0.15) is 5.10 Å². The van der Waals surface area contributed by atoms with Gasteiger partial charge in [0.15, 0.2) is 0 Å². The standard InChI is InChI=1S/C23H22ClN7O2/c1-29-22(4-6-27-29)28-21-10-17(18(24)11-26-21)16-9-20-23(33)31(8-7-30(20)12-16)13-19-15(14-32)3-2-5-25-19/h2-6,9-12,32H,7-8,13-14H2,1H3,(H,26,28). The first-order chi connectivity index (χ1) is 16.0. The van der Waals surface area contributed by atoms with Crippen molar-refractivity contribution < 1.29 is 9.90 Å². The highest BCUT2D eigenvalue weighted by molar-refractivity contribution is 6.33. The minimum atomic E-state index is -0.110. The van der Waals surface area contributed by atoms with E-state index in [-0.39, 0.29) is 12.5 Å². The van der Waals surface area contributed by atoms with E-state index in [9.17, 15) is 9.90 Å². The van der Waals surface area contributed by atoms with Crippen LogP contribution in [0.3, 0.4) is 0 Å². The fraction of sp³-hybridized carbons (Fsp3) is 0.217. The zero-order chi connectivity index (χ0) is 22.9. The van der Waals surface area contributed by atoms with Gasteiger partial charge < -0.3 is 19.9 Å². The summed E-state index contributed by atoms with van der Waals surface area (Å²) >= 11 is 6.47. The fourth-order valence-corrected chi connectivity index (χ4v) is 4.17. The van der Waals surface area contributed by atoms with Crippen LogP contribution in [0.15, 0.2) is 55.1 Å². The molecule has 0 unspecified atom stereocenters. The van der Waals surface area contributed by atoms with Crippen LogP contribution < -0.4 is 5.32 Å². The summed E-state index contributed by atoms with van der Waals surface area (Å²) in [4.78, 5) is 23.7. The highest BCUT2D eigenvalue weighted by Gasteiger charge is 2.27. The molecule has 168 valence electrons. The van der Waals surface area contributed by atoms with Gasteiger partial charge in [-0.1, -0.05) is 17.7 Å². The van der Waals surface area contributed by atoms with Gasteiger partial charge in [0.2, 0.25) is 0 Å². The zero-order valence-electron chi connectivity index (χ0n) is 17.9. The van der Waals surface area contributed by atoms with Gasteiger partial charge in [0.25, 0.3) is 5.91 Å².